The number of para-hydroxylation sites is 1. The number of rotatable bonds is 0. The first kappa shape index (κ1) is 10.3. The number of hydrogen-bond donors (Lipinski definition) is 0. The van der Waals surface area contributed by atoms with Crippen LogP contribution in [0.1, 0.15) is 18.4 Å². The van der Waals surface area contributed by atoms with E-state index in [0.717, 1.165) is 12.2 Å². The van der Waals surface area contributed by atoms with E-state index in [1.807, 2.05) is 18.2 Å². The van der Waals surface area contributed by atoms with Crippen LogP contribution in [0.4, 0.5) is 5.69 Å². The Morgan fingerprint density at radius 1 is 1.53 bits per heavy atom. The van der Waals surface area contributed by atoms with Crippen LogP contribution in [0, 0.1) is 10.8 Å². The van der Waals surface area contributed by atoms with Crippen LogP contribution in [-0.4, -0.2) is 12.5 Å². The van der Waals surface area contributed by atoms with Crippen LogP contribution in [-0.2, 0) is 4.79 Å². The lowest BCUT2D eigenvalue weighted by atomic mass is 10.0. The number of carbonyl (C=O) groups is 1. The maximum absolute atomic E-state index is 11.7. The molecule has 1 atom stereocenters. The lowest BCUT2D eigenvalue weighted by molar-refractivity contribution is -0.113. The summed E-state index contributed by atoms with van der Waals surface area (Å²) in [7, 11) is 0. The van der Waals surface area contributed by atoms with Gasteiger partial charge in [0.15, 0.2) is 0 Å². The normalized spacial score (nSPS) is 18.0. The molecule has 1 aromatic carbocycles. The summed E-state index contributed by atoms with van der Waals surface area (Å²) in [6.45, 7) is 2.84. The summed E-state index contributed by atoms with van der Waals surface area (Å²) in [6.07, 6.45) is 0. The Morgan fingerprint density at radius 3 is 3.00 bits per heavy atom. The van der Waals surface area contributed by atoms with Gasteiger partial charge in [-0.25, -0.2) is 0 Å². The van der Waals surface area contributed by atoms with Crippen molar-refractivity contribution < 1.29 is 4.79 Å². The highest BCUT2D eigenvalue weighted by Gasteiger charge is 2.28. The summed E-state index contributed by atoms with van der Waals surface area (Å²) in [4.78, 5) is 15.9. The molecule has 15 heavy (non-hydrogen) atoms. The van der Waals surface area contributed by atoms with Crippen LogP contribution in [0.15, 0.2) is 24.3 Å². The van der Waals surface area contributed by atoms with Gasteiger partial charge in [-0.3, -0.25) is 4.79 Å². The van der Waals surface area contributed by atoms with E-state index < -0.39 is 0 Å². The highest BCUT2D eigenvalue weighted by molar-refractivity contribution is 9.12. The average Bonchev–Trinajstić information content (AvgIpc) is 2.58. The van der Waals surface area contributed by atoms with Crippen molar-refractivity contribution in [2.45, 2.75) is 12.8 Å². The molecule has 0 fully saturated rings. The molecular formula is C12H10BrNO. The monoisotopic (exact) mass is 263 g/mol. The van der Waals surface area contributed by atoms with Gasteiger partial charge in [0.05, 0.1) is 0 Å². The number of amides is 1. The predicted octanol–water partition coefficient (Wildman–Crippen LogP) is 2.49. The first-order valence-electron chi connectivity index (χ1n) is 4.76. The molecule has 0 N–H and O–H groups in total. The Labute approximate surface area is 97.4 Å². The minimum atomic E-state index is -0.149. The quantitative estimate of drug-likeness (QED) is 0.659. The molecule has 1 aromatic rings. The van der Waals surface area contributed by atoms with E-state index in [1.165, 1.54) is 5.56 Å². The first-order chi connectivity index (χ1) is 7.24. The molecule has 76 valence electrons. The molecular weight excluding hydrogens is 254 g/mol. The van der Waals surface area contributed by atoms with Crippen LogP contribution in [0.3, 0.4) is 0 Å². The summed E-state index contributed by atoms with van der Waals surface area (Å²) < 4.78 is 0. The SMILES string of the molecule is CC1CN(C(=O)C#CBr)c2ccccc21. The van der Waals surface area contributed by atoms with Crippen molar-refractivity contribution in [1.82, 2.24) is 0 Å². The summed E-state index contributed by atoms with van der Waals surface area (Å²) in [5.41, 5.74) is 2.22. The van der Waals surface area contributed by atoms with Crippen LogP contribution in [0.2, 0.25) is 0 Å². The minimum absolute atomic E-state index is 0.149. The van der Waals surface area contributed by atoms with Crippen molar-refractivity contribution in [3.05, 3.63) is 29.8 Å². The molecule has 1 amide bonds. The highest BCUT2D eigenvalue weighted by atomic mass is 79.9. The fourth-order valence-corrected chi connectivity index (χ4v) is 2.09. The lowest BCUT2D eigenvalue weighted by Crippen LogP contribution is -2.27. The van der Waals surface area contributed by atoms with Gasteiger partial charge in [-0.15, -0.1) is 0 Å². The number of anilines is 1. The molecule has 0 spiro atoms. The van der Waals surface area contributed by atoms with E-state index in [2.05, 4.69) is 39.7 Å². The molecule has 0 aliphatic carbocycles. The van der Waals surface area contributed by atoms with Crippen molar-refractivity contribution in [2.24, 2.45) is 0 Å². The highest BCUT2D eigenvalue weighted by Crippen LogP contribution is 2.35. The Morgan fingerprint density at radius 2 is 2.27 bits per heavy atom. The summed E-state index contributed by atoms with van der Waals surface area (Å²) >= 11 is 2.94. The maximum Gasteiger partial charge on any atom is 0.303 e. The van der Waals surface area contributed by atoms with E-state index >= 15 is 0 Å². The molecule has 0 saturated heterocycles. The fourth-order valence-electron chi connectivity index (χ4n) is 1.92. The Hall–Kier alpha value is -1.27. The Kier molecular flexibility index (Phi) is 2.79. The molecule has 0 bridgehead atoms. The van der Waals surface area contributed by atoms with E-state index in [9.17, 15) is 4.79 Å². The second-order valence-electron chi connectivity index (χ2n) is 3.60. The molecule has 3 heteroatoms. The van der Waals surface area contributed by atoms with Gasteiger partial charge in [0.1, 0.15) is 0 Å². The standard InChI is InChI=1S/C12H10BrNO/c1-9-8-14(12(15)6-7-13)11-5-3-2-4-10(9)11/h2-5,9H,8H2,1H3. The molecule has 1 aliphatic heterocycles. The number of benzene rings is 1. The Balaban J connectivity index is 2.39. The average molecular weight is 264 g/mol. The van der Waals surface area contributed by atoms with Crippen LogP contribution >= 0.6 is 15.9 Å². The molecule has 2 nitrogen and oxygen atoms in total. The number of fused-ring (bicyclic) bond motifs is 1. The number of hydrogen-bond acceptors (Lipinski definition) is 1. The van der Waals surface area contributed by atoms with Gasteiger partial charge in [0, 0.05) is 40.0 Å². The minimum Gasteiger partial charge on any atom is -0.301 e. The van der Waals surface area contributed by atoms with Crippen molar-refractivity contribution >= 4 is 27.5 Å². The molecule has 0 aromatic heterocycles. The van der Waals surface area contributed by atoms with Gasteiger partial charge in [0.25, 0.3) is 0 Å². The summed E-state index contributed by atoms with van der Waals surface area (Å²) in [6, 6.07) is 7.97. The number of carbonyl (C=O) groups excluding carboxylic acids is 1. The van der Waals surface area contributed by atoms with Gasteiger partial charge < -0.3 is 4.90 Å². The fraction of sp³-hybridized carbons (Fsp3) is 0.250. The summed E-state index contributed by atoms with van der Waals surface area (Å²) in [5.74, 6) is 2.74. The number of halogens is 1. The van der Waals surface area contributed by atoms with Crippen LogP contribution in [0.25, 0.3) is 0 Å². The molecule has 0 saturated carbocycles. The molecule has 2 rings (SSSR count). The first-order valence-corrected chi connectivity index (χ1v) is 5.55. The zero-order valence-electron chi connectivity index (χ0n) is 8.33. The van der Waals surface area contributed by atoms with Crippen molar-refractivity contribution in [3.8, 4) is 10.8 Å². The smallest absolute Gasteiger partial charge is 0.301 e. The van der Waals surface area contributed by atoms with Crippen molar-refractivity contribution in [1.29, 1.82) is 0 Å². The van der Waals surface area contributed by atoms with Gasteiger partial charge in [-0.05, 0) is 16.5 Å². The topological polar surface area (TPSA) is 20.3 Å². The third-order valence-electron chi connectivity index (χ3n) is 2.61. The van der Waals surface area contributed by atoms with Gasteiger partial charge in [0.2, 0.25) is 0 Å². The second kappa shape index (κ2) is 4.08. The van der Waals surface area contributed by atoms with Crippen molar-refractivity contribution in [3.63, 3.8) is 0 Å². The molecule has 1 heterocycles. The van der Waals surface area contributed by atoms with Crippen molar-refractivity contribution in [2.75, 3.05) is 11.4 Å². The lowest BCUT2D eigenvalue weighted by Gasteiger charge is -2.13. The molecule has 1 aliphatic rings. The molecule has 0 radical (unpaired) electrons. The second-order valence-corrected chi connectivity index (χ2v) is 3.99. The third-order valence-corrected chi connectivity index (χ3v) is 2.81. The van der Waals surface area contributed by atoms with Gasteiger partial charge >= 0.3 is 5.91 Å². The Bertz CT molecular complexity index is 458. The predicted molar refractivity (Wildman–Crippen MR) is 63.9 cm³/mol. The largest absolute Gasteiger partial charge is 0.303 e. The zero-order valence-corrected chi connectivity index (χ0v) is 9.91. The zero-order chi connectivity index (χ0) is 10.8. The van der Waals surface area contributed by atoms with E-state index in [0.29, 0.717) is 5.92 Å². The summed E-state index contributed by atoms with van der Waals surface area (Å²) in [5, 5.41) is 0. The van der Waals surface area contributed by atoms with E-state index in [4.69, 9.17) is 0 Å². The number of nitrogens with zero attached hydrogens (tertiary/aromatic N) is 1. The van der Waals surface area contributed by atoms with Crippen LogP contribution in [0.5, 0.6) is 0 Å². The maximum atomic E-state index is 11.7. The van der Waals surface area contributed by atoms with Gasteiger partial charge in [-0.1, -0.05) is 25.1 Å². The van der Waals surface area contributed by atoms with Crippen LogP contribution < -0.4 is 4.90 Å². The van der Waals surface area contributed by atoms with Gasteiger partial charge in [-0.2, -0.15) is 0 Å². The third kappa shape index (κ3) is 1.78. The molecule has 1 unspecified atom stereocenters. The van der Waals surface area contributed by atoms with E-state index in [1.54, 1.807) is 4.90 Å². The van der Waals surface area contributed by atoms with E-state index in [-0.39, 0.29) is 5.91 Å².